The van der Waals surface area contributed by atoms with Crippen molar-refractivity contribution in [3.8, 4) is 0 Å². The van der Waals surface area contributed by atoms with E-state index >= 15 is 0 Å². The predicted molar refractivity (Wildman–Crippen MR) is 95.2 cm³/mol. The van der Waals surface area contributed by atoms with Gasteiger partial charge in [0.25, 0.3) is 0 Å². The third-order valence-corrected chi connectivity index (χ3v) is 4.59. The van der Waals surface area contributed by atoms with Gasteiger partial charge < -0.3 is 5.32 Å². The van der Waals surface area contributed by atoms with Crippen molar-refractivity contribution in [2.24, 2.45) is 0 Å². The molecule has 0 aliphatic carbocycles. The molecule has 3 rings (SSSR count). The van der Waals surface area contributed by atoms with Gasteiger partial charge in [0.1, 0.15) is 5.82 Å². The molecule has 0 saturated carbocycles. The number of anilines is 1. The van der Waals surface area contributed by atoms with Gasteiger partial charge in [0, 0.05) is 14.8 Å². The van der Waals surface area contributed by atoms with E-state index in [0.29, 0.717) is 11.6 Å². The smallest absolute Gasteiger partial charge is 0.235 e. The summed E-state index contributed by atoms with van der Waals surface area (Å²) in [6, 6.07) is 19.5. The number of nitrogens with one attached hydrogen (secondary N) is 1. The van der Waals surface area contributed by atoms with E-state index in [4.69, 9.17) is 0 Å². The van der Waals surface area contributed by atoms with E-state index in [1.54, 1.807) is 0 Å². The van der Waals surface area contributed by atoms with Crippen molar-refractivity contribution < 1.29 is 4.79 Å². The number of halogens is 1. The van der Waals surface area contributed by atoms with Crippen molar-refractivity contribution in [3.63, 3.8) is 0 Å². The summed E-state index contributed by atoms with van der Waals surface area (Å²) in [7, 11) is 0. The molecule has 5 heteroatoms. The highest BCUT2D eigenvalue weighted by atomic mass is 79.9. The van der Waals surface area contributed by atoms with E-state index in [1.165, 1.54) is 11.8 Å². The molecule has 3 aromatic rings. The number of nitrogens with zero attached hydrogens (tertiary/aromatic N) is 1. The highest BCUT2D eigenvalue weighted by molar-refractivity contribution is 9.10. The fourth-order valence-electron chi connectivity index (χ4n) is 1.99. The molecular weight excluding hydrogens is 360 g/mol. The summed E-state index contributed by atoms with van der Waals surface area (Å²) in [6.07, 6.45) is 0. The Morgan fingerprint density at radius 3 is 2.64 bits per heavy atom. The lowest BCUT2D eigenvalue weighted by Gasteiger charge is -2.06. The molecule has 0 unspecified atom stereocenters. The van der Waals surface area contributed by atoms with Crippen LogP contribution in [0, 0.1) is 0 Å². The highest BCUT2D eigenvalue weighted by Crippen LogP contribution is 2.21. The number of rotatable bonds is 4. The normalized spacial score (nSPS) is 10.6. The summed E-state index contributed by atoms with van der Waals surface area (Å²) in [5.41, 5.74) is 0.876. The molecule has 0 saturated heterocycles. The molecule has 1 amide bonds. The van der Waals surface area contributed by atoms with Crippen LogP contribution in [0.1, 0.15) is 0 Å². The van der Waals surface area contributed by atoms with Crippen LogP contribution in [-0.4, -0.2) is 16.6 Å². The second-order valence-electron chi connectivity index (χ2n) is 4.68. The molecule has 0 spiro atoms. The van der Waals surface area contributed by atoms with Gasteiger partial charge in [-0.2, -0.15) is 0 Å². The SMILES string of the molecule is O=C(CSc1ccc(Br)cc1)Nc1ccc2ccccc2n1. The van der Waals surface area contributed by atoms with Crippen LogP contribution in [0.15, 0.2) is 70.0 Å². The molecule has 0 radical (unpaired) electrons. The quantitative estimate of drug-likeness (QED) is 0.673. The van der Waals surface area contributed by atoms with Gasteiger partial charge in [-0.3, -0.25) is 4.79 Å². The number of hydrogen-bond acceptors (Lipinski definition) is 3. The van der Waals surface area contributed by atoms with Crippen LogP contribution < -0.4 is 5.32 Å². The largest absolute Gasteiger partial charge is 0.310 e. The maximum Gasteiger partial charge on any atom is 0.235 e. The lowest BCUT2D eigenvalue weighted by atomic mass is 10.2. The first kappa shape index (κ1) is 15.1. The molecule has 3 nitrogen and oxygen atoms in total. The molecular formula is C17H13BrN2OS. The van der Waals surface area contributed by atoms with E-state index in [2.05, 4.69) is 26.2 Å². The average molecular weight is 373 g/mol. The van der Waals surface area contributed by atoms with E-state index in [-0.39, 0.29) is 5.91 Å². The van der Waals surface area contributed by atoms with Crippen molar-refractivity contribution >= 4 is 50.3 Å². The van der Waals surface area contributed by atoms with Crippen LogP contribution in [0.25, 0.3) is 10.9 Å². The van der Waals surface area contributed by atoms with E-state index in [9.17, 15) is 4.79 Å². The molecule has 0 atom stereocenters. The number of carbonyl (C=O) groups is 1. The molecule has 0 fully saturated rings. The van der Waals surface area contributed by atoms with Crippen LogP contribution in [-0.2, 0) is 4.79 Å². The number of benzene rings is 2. The average Bonchev–Trinajstić information content (AvgIpc) is 2.54. The Morgan fingerprint density at radius 1 is 1.05 bits per heavy atom. The number of thioether (sulfide) groups is 1. The standard InChI is InChI=1S/C17H13BrN2OS/c18-13-6-8-14(9-7-13)22-11-17(21)20-16-10-5-12-3-1-2-4-15(12)19-16/h1-10H,11H2,(H,19,20,21). The van der Waals surface area contributed by atoms with Crippen LogP contribution in [0.3, 0.4) is 0 Å². The zero-order chi connectivity index (χ0) is 15.4. The van der Waals surface area contributed by atoms with Gasteiger partial charge in [-0.05, 0) is 42.5 Å². The summed E-state index contributed by atoms with van der Waals surface area (Å²) in [4.78, 5) is 17.5. The van der Waals surface area contributed by atoms with Crippen molar-refractivity contribution in [2.75, 3.05) is 11.1 Å². The molecule has 0 aliphatic rings. The lowest BCUT2D eigenvalue weighted by Crippen LogP contribution is -2.14. The molecule has 2 aromatic carbocycles. The Kier molecular flexibility index (Phi) is 4.75. The second-order valence-corrected chi connectivity index (χ2v) is 6.64. The number of amides is 1. The lowest BCUT2D eigenvalue weighted by molar-refractivity contribution is -0.113. The maximum absolute atomic E-state index is 12.0. The molecule has 110 valence electrons. The predicted octanol–water partition coefficient (Wildman–Crippen LogP) is 4.73. The third kappa shape index (κ3) is 3.87. The summed E-state index contributed by atoms with van der Waals surface area (Å²) in [5, 5.41) is 3.90. The molecule has 1 heterocycles. The first-order valence-electron chi connectivity index (χ1n) is 6.75. The Balaban J connectivity index is 1.61. The Morgan fingerprint density at radius 2 is 1.82 bits per heavy atom. The Bertz CT molecular complexity index is 805. The first-order chi connectivity index (χ1) is 10.7. The third-order valence-electron chi connectivity index (χ3n) is 3.05. The van der Waals surface area contributed by atoms with E-state index in [0.717, 1.165) is 20.3 Å². The molecule has 0 aliphatic heterocycles. The zero-order valence-corrected chi connectivity index (χ0v) is 14.0. The number of hydrogen-bond donors (Lipinski definition) is 1. The van der Waals surface area contributed by atoms with Gasteiger partial charge in [0.05, 0.1) is 11.3 Å². The van der Waals surface area contributed by atoms with Crippen LogP contribution >= 0.6 is 27.7 Å². The second kappa shape index (κ2) is 6.94. The highest BCUT2D eigenvalue weighted by Gasteiger charge is 2.05. The van der Waals surface area contributed by atoms with Crippen LogP contribution in [0.4, 0.5) is 5.82 Å². The maximum atomic E-state index is 12.0. The van der Waals surface area contributed by atoms with Gasteiger partial charge in [-0.15, -0.1) is 11.8 Å². The summed E-state index contributed by atoms with van der Waals surface area (Å²) in [5.74, 6) is 0.881. The van der Waals surface area contributed by atoms with Crippen molar-refractivity contribution in [2.45, 2.75) is 4.90 Å². The van der Waals surface area contributed by atoms with E-state index < -0.39 is 0 Å². The fraction of sp³-hybridized carbons (Fsp3) is 0.0588. The van der Waals surface area contributed by atoms with Crippen molar-refractivity contribution in [1.82, 2.24) is 4.98 Å². The summed E-state index contributed by atoms with van der Waals surface area (Å²) in [6.45, 7) is 0. The van der Waals surface area contributed by atoms with Gasteiger partial charge in [-0.1, -0.05) is 34.1 Å². The number of aromatic nitrogens is 1. The topological polar surface area (TPSA) is 42.0 Å². The minimum absolute atomic E-state index is 0.0595. The fourth-order valence-corrected chi connectivity index (χ4v) is 2.96. The number of carbonyl (C=O) groups excluding carboxylic acids is 1. The zero-order valence-electron chi connectivity index (χ0n) is 11.6. The molecule has 1 N–H and O–H groups in total. The van der Waals surface area contributed by atoms with Crippen LogP contribution in [0.2, 0.25) is 0 Å². The number of fused-ring (bicyclic) bond motifs is 1. The van der Waals surface area contributed by atoms with Crippen molar-refractivity contribution in [1.29, 1.82) is 0 Å². The van der Waals surface area contributed by atoms with E-state index in [1.807, 2.05) is 60.7 Å². The minimum Gasteiger partial charge on any atom is -0.310 e. The minimum atomic E-state index is -0.0595. The van der Waals surface area contributed by atoms with Gasteiger partial charge in [-0.25, -0.2) is 4.98 Å². The monoisotopic (exact) mass is 372 g/mol. The first-order valence-corrected chi connectivity index (χ1v) is 8.52. The molecule has 22 heavy (non-hydrogen) atoms. The summed E-state index contributed by atoms with van der Waals surface area (Å²) >= 11 is 4.89. The van der Waals surface area contributed by atoms with Crippen molar-refractivity contribution in [3.05, 3.63) is 65.1 Å². The number of pyridine rings is 1. The van der Waals surface area contributed by atoms with Gasteiger partial charge in [0.2, 0.25) is 5.91 Å². The molecule has 0 bridgehead atoms. The Labute approximate surface area is 141 Å². The summed E-state index contributed by atoms with van der Waals surface area (Å²) < 4.78 is 1.03. The van der Waals surface area contributed by atoms with Gasteiger partial charge in [0.15, 0.2) is 0 Å². The number of para-hydroxylation sites is 1. The Hall–Kier alpha value is -1.85. The van der Waals surface area contributed by atoms with Gasteiger partial charge >= 0.3 is 0 Å². The van der Waals surface area contributed by atoms with Crippen LogP contribution in [0.5, 0.6) is 0 Å². The molecule has 1 aromatic heterocycles.